The number of aromatic hydroxyl groups is 1. The maximum Gasteiger partial charge on any atom is 0.189 e. The highest BCUT2D eigenvalue weighted by Gasteiger charge is 2.06. The van der Waals surface area contributed by atoms with Crippen molar-refractivity contribution in [2.75, 3.05) is 0 Å². The summed E-state index contributed by atoms with van der Waals surface area (Å²) in [6.07, 6.45) is 6.55. The van der Waals surface area contributed by atoms with E-state index in [-0.39, 0.29) is 11.5 Å². The molecule has 2 rings (SSSR count). The van der Waals surface area contributed by atoms with Gasteiger partial charge in [0, 0.05) is 18.8 Å². The molecule has 4 nitrogen and oxygen atoms in total. The summed E-state index contributed by atoms with van der Waals surface area (Å²) in [5.41, 5.74) is 1.14. The quantitative estimate of drug-likeness (QED) is 0.646. The third-order valence-corrected chi connectivity index (χ3v) is 2.32. The Bertz CT molecular complexity index is 570. The number of allylic oxidation sites excluding steroid dienone is 1. The average Bonchev–Trinajstić information content (AvgIpc) is 2.73. The topological polar surface area (TPSA) is 55.1 Å². The number of hydrogen-bond acceptors (Lipinski definition) is 3. The van der Waals surface area contributed by atoms with Gasteiger partial charge in [0.05, 0.1) is 11.8 Å². The molecule has 86 valence electrons. The maximum absolute atomic E-state index is 11.8. The summed E-state index contributed by atoms with van der Waals surface area (Å²) in [7, 11) is 1.81. The van der Waals surface area contributed by atoms with Crippen LogP contribution in [0.4, 0.5) is 0 Å². The van der Waals surface area contributed by atoms with Gasteiger partial charge in [0.15, 0.2) is 5.78 Å². The Kier molecular flexibility index (Phi) is 3.05. The summed E-state index contributed by atoms with van der Waals surface area (Å²) in [6.45, 7) is 0. The van der Waals surface area contributed by atoms with Crippen LogP contribution >= 0.6 is 0 Å². The second kappa shape index (κ2) is 4.65. The lowest BCUT2D eigenvalue weighted by Gasteiger charge is -1.98. The molecular weight excluding hydrogens is 216 g/mol. The predicted molar refractivity (Wildman–Crippen MR) is 64.7 cm³/mol. The van der Waals surface area contributed by atoms with Gasteiger partial charge in [0.25, 0.3) is 0 Å². The number of hydrogen-bond donors (Lipinski definition) is 1. The van der Waals surface area contributed by atoms with Gasteiger partial charge in [-0.05, 0) is 24.3 Å². The molecule has 2 aromatic rings. The number of ketones is 1. The van der Waals surface area contributed by atoms with E-state index in [1.807, 2.05) is 7.05 Å². The van der Waals surface area contributed by atoms with Crippen molar-refractivity contribution in [2.24, 2.45) is 7.05 Å². The summed E-state index contributed by atoms with van der Waals surface area (Å²) in [5, 5.41) is 13.5. The van der Waals surface area contributed by atoms with E-state index < -0.39 is 0 Å². The van der Waals surface area contributed by atoms with Gasteiger partial charge in [-0.15, -0.1) is 0 Å². The molecular formula is C13H12N2O2. The average molecular weight is 228 g/mol. The van der Waals surface area contributed by atoms with Gasteiger partial charge in [-0.3, -0.25) is 9.48 Å². The van der Waals surface area contributed by atoms with E-state index in [9.17, 15) is 9.90 Å². The Morgan fingerprint density at radius 1 is 1.41 bits per heavy atom. The molecule has 0 saturated heterocycles. The molecule has 0 fully saturated rings. The maximum atomic E-state index is 11.8. The molecule has 0 spiro atoms. The number of benzene rings is 1. The fourth-order valence-corrected chi connectivity index (χ4v) is 1.47. The number of para-hydroxylation sites is 1. The van der Waals surface area contributed by atoms with Gasteiger partial charge in [0.2, 0.25) is 0 Å². The van der Waals surface area contributed by atoms with Gasteiger partial charge in [-0.1, -0.05) is 12.1 Å². The van der Waals surface area contributed by atoms with E-state index in [2.05, 4.69) is 5.10 Å². The molecule has 1 N–H and O–H groups in total. The van der Waals surface area contributed by atoms with E-state index in [4.69, 9.17) is 0 Å². The normalized spacial score (nSPS) is 10.9. The van der Waals surface area contributed by atoms with E-state index in [1.165, 1.54) is 12.1 Å². The third-order valence-electron chi connectivity index (χ3n) is 2.32. The summed E-state index contributed by atoms with van der Waals surface area (Å²) >= 11 is 0. The number of carbonyl (C=O) groups is 1. The number of phenolic OH excluding ortho intramolecular Hbond substituents is 1. The number of nitrogens with zero attached hydrogens (tertiary/aromatic N) is 2. The first-order valence-corrected chi connectivity index (χ1v) is 5.16. The van der Waals surface area contributed by atoms with Crippen LogP contribution < -0.4 is 0 Å². The minimum absolute atomic E-state index is 0.00617. The molecule has 1 aromatic carbocycles. The van der Waals surface area contributed by atoms with Crippen LogP contribution in [-0.2, 0) is 7.05 Å². The zero-order valence-corrected chi connectivity index (χ0v) is 9.37. The second-order valence-electron chi connectivity index (χ2n) is 3.66. The Morgan fingerprint density at radius 3 is 2.82 bits per heavy atom. The van der Waals surface area contributed by atoms with E-state index in [1.54, 1.807) is 41.4 Å². The van der Waals surface area contributed by atoms with E-state index in [0.29, 0.717) is 5.56 Å². The monoisotopic (exact) mass is 228 g/mol. The van der Waals surface area contributed by atoms with Crippen LogP contribution in [0.15, 0.2) is 42.7 Å². The highest BCUT2D eigenvalue weighted by Crippen LogP contribution is 2.16. The van der Waals surface area contributed by atoms with Crippen molar-refractivity contribution < 1.29 is 9.90 Å². The first kappa shape index (κ1) is 11.1. The largest absolute Gasteiger partial charge is 0.507 e. The van der Waals surface area contributed by atoms with Crippen molar-refractivity contribution >= 4 is 11.9 Å². The van der Waals surface area contributed by atoms with Crippen LogP contribution in [0, 0.1) is 0 Å². The molecule has 0 amide bonds. The molecule has 17 heavy (non-hydrogen) atoms. The lowest BCUT2D eigenvalue weighted by Crippen LogP contribution is -1.93. The van der Waals surface area contributed by atoms with Crippen LogP contribution in [0.2, 0.25) is 0 Å². The summed E-state index contributed by atoms with van der Waals surface area (Å²) < 4.78 is 1.66. The first-order valence-electron chi connectivity index (χ1n) is 5.16. The molecule has 0 aliphatic rings. The lowest BCUT2D eigenvalue weighted by molar-refractivity contribution is 0.104. The molecule has 0 radical (unpaired) electrons. The first-order chi connectivity index (χ1) is 8.16. The number of rotatable bonds is 3. The van der Waals surface area contributed by atoms with Crippen molar-refractivity contribution in [3.8, 4) is 5.75 Å². The van der Waals surface area contributed by atoms with Gasteiger partial charge in [-0.25, -0.2) is 0 Å². The number of aryl methyl sites for hydroxylation is 1. The fraction of sp³-hybridized carbons (Fsp3) is 0.0769. The van der Waals surface area contributed by atoms with Crippen LogP contribution in [-0.4, -0.2) is 20.7 Å². The Labute approximate surface area is 98.8 Å². The van der Waals surface area contributed by atoms with Crippen LogP contribution in [0.3, 0.4) is 0 Å². The Hall–Kier alpha value is -2.36. The Balaban J connectivity index is 2.17. The van der Waals surface area contributed by atoms with Gasteiger partial charge in [0.1, 0.15) is 5.75 Å². The van der Waals surface area contributed by atoms with Gasteiger partial charge >= 0.3 is 0 Å². The van der Waals surface area contributed by atoms with Crippen LogP contribution in [0.25, 0.3) is 6.08 Å². The smallest absolute Gasteiger partial charge is 0.189 e. The van der Waals surface area contributed by atoms with Crippen molar-refractivity contribution in [2.45, 2.75) is 0 Å². The van der Waals surface area contributed by atoms with E-state index in [0.717, 1.165) is 5.56 Å². The zero-order chi connectivity index (χ0) is 12.3. The molecule has 0 aliphatic carbocycles. The van der Waals surface area contributed by atoms with Crippen molar-refractivity contribution in [1.82, 2.24) is 9.78 Å². The fourth-order valence-electron chi connectivity index (χ4n) is 1.47. The molecule has 1 heterocycles. The summed E-state index contributed by atoms with van der Waals surface area (Å²) in [6, 6.07) is 6.47. The predicted octanol–water partition coefficient (Wildman–Crippen LogP) is 2.02. The van der Waals surface area contributed by atoms with Gasteiger partial charge < -0.3 is 5.11 Å². The Morgan fingerprint density at radius 2 is 2.18 bits per heavy atom. The minimum atomic E-state index is -0.230. The third kappa shape index (κ3) is 2.60. The molecule has 0 aliphatic heterocycles. The van der Waals surface area contributed by atoms with Crippen molar-refractivity contribution in [1.29, 1.82) is 0 Å². The second-order valence-corrected chi connectivity index (χ2v) is 3.66. The highest BCUT2D eigenvalue weighted by molar-refractivity contribution is 6.08. The van der Waals surface area contributed by atoms with Gasteiger partial charge in [-0.2, -0.15) is 5.10 Å². The number of aromatic nitrogens is 2. The SMILES string of the molecule is Cn1cc(/C=C/C(=O)c2ccccc2O)cn1. The highest BCUT2D eigenvalue weighted by atomic mass is 16.3. The van der Waals surface area contributed by atoms with E-state index >= 15 is 0 Å². The number of phenols is 1. The standard InChI is InChI=1S/C13H12N2O2/c1-15-9-10(8-14-15)6-7-13(17)11-4-2-3-5-12(11)16/h2-9,16H,1H3/b7-6+. The number of carbonyl (C=O) groups excluding carboxylic acids is 1. The molecule has 4 heteroatoms. The molecule has 0 unspecified atom stereocenters. The summed E-state index contributed by atoms with van der Waals surface area (Å²) in [4.78, 5) is 11.8. The zero-order valence-electron chi connectivity index (χ0n) is 9.37. The summed E-state index contributed by atoms with van der Waals surface area (Å²) in [5.74, 6) is -0.236. The molecule has 0 saturated carbocycles. The molecule has 1 aromatic heterocycles. The lowest BCUT2D eigenvalue weighted by atomic mass is 10.1. The molecule has 0 bridgehead atoms. The van der Waals surface area contributed by atoms with Crippen LogP contribution in [0.1, 0.15) is 15.9 Å². The van der Waals surface area contributed by atoms with Crippen LogP contribution in [0.5, 0.6) is 5.75 Å². The van der Waals surface area contributed by atoms with Crippen molar-refractivity contribution in [3.05, 3.63) is 53.9 Å². The minimum Gasteiger partial charge on any atom is -0.507 e. The van der Waals surface area contributed by atoms with Crippen molar-refractivity contribution in [3.63, 3.8) is 0 Å². The molecule has 0 atom stereocenters.